The summed E-state index contributed by atoms with van der Waals surface area (Å²) >= 11 is 0. The molecular weight excluding hydrogens is 284 g/mol. The van der Waals surface area contributed by atoms with E-state index in [9.17, 15) is 4.79 Å². The number of carbonyl (C=O) groups excluding carboxylic acids is 1. The van der Waals surface area contributed by atoms with Gasteiger partial charge in [0.15, 0.2) is 0 Å². The summed E-state index contributed by atoms with van der Waals surface area (Å²) in [6.45, 7) is 10.6. The summed E-state index contributed by atoms with van der Waals surface area (Å²) in [5.41, 5.74) is 2.89. The fourth-order valence-corrected chi connectivity index (χ4v) is 4.05. The number of likely N-dealkylation sites (tertiary alicyclic amines) is 1. The fourth-order valence-electron chi connectivity index (χ4n) is 4.05. The van der Waals surface area contributed by atoms with Crippen LogP contribution in [0.1, 0.15) is 50.7 Å². The highest BCUT2D eigenvalue weighted by atomic mass is 16.2. The van der Waals surface area contributed by atoms with E-state index in [1.807, 2.05) is 0 Å². The second-order valence-electron chi connectivity index (χ2n) is 8.23. The van der Waals surface area contributed by atoms with Gasteiger partial charge in [-0.1, -0.05) is 43.7 Å². The molecule has 3 rings (SSSR count). The molecule has 1 aromatic rings. The van der Waals surface area contributed by atoms with Crippen molar-refractivity contribution in [3.63, 3.8) is 0 Å². The second kappa shape index (κ2) is 6.27. The SMILES string of the molecule is Cc1ccc(C(C)(C)CC(=O)N2CCC3(CCNC3)CC2)cc1. The molecule has 3 heteroatoms. The molecule has 2 saturated heterocycles. The third-order valence-electron chi connectivity index (χ3n) is 5.94. The predicted octanol–water partition coefficient (Wildman–Crippen LogP) is 3.26. The zero-order valence-corrected chi connectivity index (χ0v) is 14.8. The molecule has 2 fully saturated rings. The Morgan fingerprint density at radius 1 is 1.17 bits per heavy atom. The lowest BCUT2D eigenvalue weighted by atomic mass is 9.77. The van der Waals surface area contributed by atoms with Crippen LogP contribution >= 0.6 is 0 Å². The van der Waals surface area contributed by atoms with Gasteiger partial charge in [-0.25, -0.2) is 0 Å². The summed E-state index contributed by atoms with van der Waals surface area (Å²) < 4.78 is 0. The summed E-state index contributed by atoms with van der Waals surface area (Å²) in [4.78, 5) is 14.9. The molecule has 3 nitrogen and oxygen atoms in total. The van der Waals surface area contributed by atoms with Crippen molar-refractivity contribution in [3.8, 4) is 0 Å². The van der Waals surface area contributed by atoms with Crippen LogP contribution in [0.3, 0.4) is 0 Å². The number of nitrogens with zero attached hydrogens (tertiary/aromatic N) is 1. The molecule has 0 atom stereocenters. The van der Waals surface area contributed by atoms with Gasteiger partial charge in [-0.15, -0.1) is 0 Å². The zero-order valence-electron chi connectivity index (χ0n) is 14.8. The van der Waals surface area contributed by atoms with Crippen LogP contribution in [0.4, 0.5) is 0 Å². The Labute approximate surface area is 140 Å². The Balaban J connectivity index is 1.59. The van der Waals surface area contributed by atoms with Crippen molar-refractivity contribution in [3.05, 3.63) is 35.4 Å². The van der Waals surface area contributed by atoms with E-state index in [2.05, 4.69) is 55.3 Å². The van der Waals surface area contributed by atoms with Crippen molar-refractivity contribution in [2.75, 3.05) is 26.2 Å². The number of amides is 1. The molecular formula is C20H30N2O. The minimum absolute atomic E-state index is 0.102. The molecule has 0 bridgehead atoms. The van der Waals surface area contributed by atoms with Gasteiger partial charge < -0.3 is 10.2 Å². The Bertz CT molecular complexity index is 546. The first kappa shape index (κ1) is 16.5. The van der Waals surface area contributed by atoms with Crippen LogP contribution in [0, 0.1) is 12.3 Å². The standard InChI is InChI=1S/C20H30N2O/c1-16-4-6-17(7-5-16)19(2,3)14-18(23)22-12-9-20(10-13-22)8-11-21-15-20/h4-7,21H,8-15H2,1-3H3. The summed E-state index contributed by atoms with van der Waals surface area (Å²) in [5.74, 6) is 0.316. The van der Waals surface area contributed by atoms with Crippen molar-refractivity contribution in [2.24, 2.45) is 5.41 Å². The molecule has 2 heterocycles. The summed E-state index contributed by atoms with van der Waals surface area (Å²) in [7, 11) is 0. The first-order chi connectivity index (χ1) is 10.9. The van der Waals surface area contributed by atoms with Crippen LogP contribution in [0.2, 0.25) is 0 Å². The van der Waals surface area contributed by atoms with E-state index in [0.717, 1.165) is 39.0 Å². The van der Waals surface area contributed by atoms with E-state index in [0.29, 0.717) is 17.7 Å². The highest BCUT2D eigenvalue weighted by molar-refractivity contribution is 5.78. The van der Waals surface area contributed by atoms with E-state index in [1.165, 1.54) is 17.5 Å². The van der Waals surface area contributed by atoms with E-state index >= 15 is 0 Å². The summed E-state index contributed by atoms with van der Waals surface area (Å²) in [5, 5.41) is 3.49. The van der Waals surface area contributed by atoms with Crippen LogP contribution < -0.4 is 5.32 Å². The smallest absolute Gasteiger partial charge is 0.223 e. The van der Waals surface area contributed by atoms with Crippen LogP contribution in [0.25, 0.3) is 0 Å². The molecule has 1 amide bonds. The van der Waals surface area contributed by atoms with Crippen molar-refractivity contribution in [1.29, 1.82) is 0 Å². The molecule has 126 valence electrons. The lowest BCUT2D eigenvalue weighted by molar-refractivity contribution is -0.134. The molecule has 0 aromatic heterocycles. The summed E-state index contributed by atoms with van der Waals surface area (Å²) in [6.07, 6.45) is 4.21. The van der Waals surface area contributed by atoms with Crippen LogP contribution in [0.5, 0.6) is 0 Å². The monoisotopic (exact) mass is 314 g/mol. The third-order valence-corrected chi connectivity index (χ3v) is 5.94. The minimum atomic E-state index is -0.102. The van der Waals surface area contributed by atoms with E-state index in [-0.39, 0.29) is 5.41 Å². The van der Waals surface area contributed by atoms with Gasteiger partial charge in [-0.2, -0.15) is 0 Å². The topological polar surface area (TPSA) is 32.3 Å². The number of hydrogen-bond acceptors (Lipinski definition) is 2. The largest absolute Gasteiger partial charge is 0.343 e. The maximum absolute atomic E-state index is 12.8. The number of hydrogen-bond donors (Lipinski definition) is 1. The molecule has 1 spiro atoms. The molecule has 0 unspecified atom stereocenters. The first-order valence-corrected chi connectivity index (χ1v) is 8.96. The van der Waals surface area contributed by atoms with Gasteiger partial charge in [0.05, 0.1) is 0 Å². The lowest BCUT2D eigenvalue weighted by Gasteiger charge is -2.40. The second-order valence-corrected chi connectivity index (χ2v) is 8.23. The number of benzene rings is 1. The minimum Gasteiger partial charge on any atom is -0.343 e. The number of nitrogens with one attached hydrogen (secondary N) is 1. The van der Waals surface area contributed by atoms with Crippen molar-refractivity contribution >= 4 is 5.91 Å². The van der Waals surface area contributed by atoms with Gasteiger partial charge >= 0.3 is 0 Å². The molecule has 0 saturated carbocycles. The summed E-state index contributed by atoms with van der Waals surface area (Å²) in [6, 6.07) is 8.61. The molecule has 2 aliphatic rings. The maximum atomic E-state index is 12.8. The molecule has 0 radical (unpaired) electrons. The number of rotatable bonds is 3. The van der Waals surface area contributed by atoms with Gasteiger partial charge in [0.2, 0.25) is 5.91 Å². The van der Waals surface area contributed by atoms with Crippen molar-refractivity contribution < 1.29 is 4.79 Å². The molecule has 1 aromatic carbocycles. The average molecular weight is 314 g/mol. The number of carbonyl (C=O) groups is 1. The molecule has 2 aliphatic heterocycles. The van der Waals surface area contributed by atoms with E-state index in [4.69, 9.17) is 0 Å². The molecule has 23 heavy (non-hydrogen) atoms. The van der Waals surface area contributed by atoms with Gasteiger partial charge in [0.1, 0.15) is 0 Å². The first-order valence-electron chi connectivity index (χ1n) is 8.96. The Kier molecular flexibility index (Phi) is 4.50. The van der Waals surface area contributed by atoms with Crippen molar-refractivity contribution in [1.82, 2.24) is 10.2 Å². The molecule has 1 N–H and O–H groups in total. The Morgan fingerprint density at radius 2 is 1.83 bits per heavy atom. The fraction of sp³-hybridized carbons (Fsp3) is 0.650. The van der Waals surface area contributed by atoms with Gasteiger partial charge in [0, 0.05) is 26.1 Å². The zero-order chi connectivity index (χ0) is 16.5. The average Bonchev–Trinajstić information content (AvgIpc) is 2.96. The van der Waals surface area contributed by atoms with E-state index in [1.54, 1.807) is 0 Å². The third kappa shape index (κ3) is 3.60. The normalized spacial score (nSPS) is 20.9. The maximum Gasteiger partial charge on any atom is 0.223 e. The Morgan fingerprint density at radius 3 is 2.39 bits per heavy atom. The van der Waals surface area contributed by atoms with Gasteiger partial charge in [-0.05, 0) is 49.1 Å². The number of aryl methyl sites for hydroxylation is 1. The predicted molar refractivity (Wildman–Crippen MR) is 94.6 cm³/mol. The van der Waals surface area contributed by atoms with E-state index < -0.39 is 0 Å². The van der Waals surface area contributed by atoms with Crippen LogP contribution in [-0.2, 0) is 10.2 Å². The number of piperidine rings is 1. The van der Waals surface area contributed by atoms with Gasteiger partial charge in [-0.3, -0.25) is 4.79 Å². The van der Waals surface area contributed by atoms with Crippen molar-refractivity contribution in [2.45, 2.75) is 51.9 Å². The van der Waals surface area contributed by atoms with Crippen LogP contribution in [0.15, 0.2) is 24.3 Å². The highest BCUT2D eigenvalue weighted by Crippen LogP contribution is 2.37. The molecule has 0 aliphatic carbocycles. The Hall–Kier alpha value is -1.35. The van der Waals surface area contributed by atoms with Gasteiger partial charge in [0.25, 0.3) is 0 Å². The lowest BCUT2D eigenvalue weighted by Crippen LogP contribution is -2.45. The highest BCUT2D eigenvalue weighted by Gasteiger charge is 2.38. The van der Waals surface area contributed by atoms with Crippen LogP contribution in [-0.4, -0.2) is 37.0 Å². The quantitative estimate of drug-likeness (QED) is 0.929.